The molecular formula is C27H24N2O5. The number of ether oxygens (including phenoxy) is 1. The fraction of sp³-hybridized carbons (Fsp3) is 0.222. The van der Waals surface area contributed by atoms with Crippen LogP contribution in [0.15, 0.2) is 77.4 Å². The topological polar surface area (TPSA) is 81.8 Å². The van der Waals surface area contributed by atoms with Crippen molar-refractivity contribution in [1.29, 1.82) is 0 Å². The molecule has 5 rings (SSSR count). The van der Waals surface area contributed by atoms with E-state index in [0.717, 1.165) is 22.2 Å². The van der Waals surface area contributed by atoms with Crippen LogP contribution >= 0.6 is 0 Å². The Hall–Kier alpha value is -4.13. The number of carbonyl (C=O) groups excluding carboxylic acids is 3. The number of ketones is 1. The van der Waals surface area contributed by atoms with Crippen LogP contribution in [0.5, 0.6) is 0 Å². The normalized spacial score (nSPS) is 15.7. The van der Waals surface area contributed by atoms with Gasteiger partial charge >= 0.3 is 5.97 Å². The second-order valence-electron chi connectivity index (χ2n) is 8.45. The molecule has 0 aliphatic carbocycles. The Morgan fingerprint density at radius 3 is 2.56 bits per heavy atom. The van der Waals surface area contributed by atoms with Crippen molar-refractivity contribution in [2.45, 2.75) is 13.0 Å². The highest BCUT2D eigenvalue weighted by Gasteiger charge is 2.36. The largest absolute Gasteiger partial charge is 0.467 e. The van der Waals surface area contributed by atoms with Gasteiger partial charge in [-0.3, -0.25) is 14.4 Å². The van der Waals surface area contributed by atoms with Gasteiger partial charge in [0.25, 0.3) is 0 Å². The Bertz CT molecular complexity index is 1350. The molecule has 1 aliphatic heterocycles. The lowest BCUT2D eigenvalue weighted by molar-refractivity contribution is -0.147. The smallest absolute Gasteiger partial charge is 0.311 e. The van der Waals surface area contributed by atoms with E-state index < -0.39 is 11.9 Å². The van der Waals surface area contributed by atoms with Crippen LogP contribution in [0.4, 0.5) is 0 Å². The van der Waals surface area contributed by atoms with Crippen LogP contribution < -0.4 is 0 Å². The number of hydrogen-bond donors (Lipinski definition) is 0. The minimum absolute atomic E-state index is 0.0667. The maximum Gasteiger partial charge on any atom is 0.311 e. The molecule has 0 saturated carbocycles. The Morgan fingerprint density at radius 1 is 1.03 bits per heavy atom. The fourth-order valence-electron chi connectivity index (χ4n) is 4.61. The Labute approximate surface area is 196 Å². The number of esters is 1. The van der Waals surface area contributed by atoms with Crippen molar-refractivity contribution >= 4 is 28.6 Å². The maximum atomic E-state index is 13.3. The predicted octanol–water partition coefficient (Wildman–Crippen LogP) is 4.21. The summed E-state index contributed by atoms with van der Waals surface area (Å²) in [6.07, 6.45) is 1.61. The van der Waals surface area contributed by atoms with Gasteiger partial charge < -0.3 is 18.6 Å². The summed E-state index contributed by atoms with van der Waals surface area (Å²) in [6, 6.07) is 20.9. The summed E-state index contributed by atoms with van der Waals surface area (Å²) in [7, 11) is 1.92. The Balaban J connectivity index is 1.33. The van der Waals surface area contributed by atoms with E-state index in [4.69, 9.17) is 9.15 Å². The molecule has 0 bridgehead atoms. The van der Waals surface area contributed by atoms with Crippen LogP contribution in [0.3, 0.4) is 0 Å². The fourth-order valence-corrected chi connectivity index (χ4v) is 4.61. The number of Topliss-reactive ketones (excluding diaryl/α,β-unsaturated/α-hetero) is 1. The highest BCUT2D eigenvalue weighted by Crippen LogP contribution is 2.33. The minimum Gasteiger partial charge on any atom is -0.467 e. The third kappa shape index (κ3) is 4.01. The minimum atomic E-state index is -0.601. The van der Waals surface area contributed by atoms with Crippen LogP contribution in [0.2, 0.25) is 0 Å². The molecule has 4 aromatic rings. The van der Waals surface area contributed by atoms with E-state index in [0.29, 0.717) is 17.9 Å². The number of para-hydroxylation sites is 1. The van der Waals surface area contributed by atoms with Crippen LogP contribution in [0.25, 0.3) is 22.2 Å². The lowest BCUT2D eigenvalue weighted by Gasteiger charge is -2.14. The van der Waals surface area contributed by atoms with Gasteiger partial charge in [0.15, 0.2) is 6.61 Å². The number of benzene rings is 2. The van der Waals surface area contributed by atoms with Gasteiger partial charge in [0.2, 0.25) is 11.7 Å². The van der Waals surface area contributed by atoms with Gasteiger partial charge in [-0.05, 0) is 23.8 Å². The highest BCUT2D eigenvalue weighted by atomic mass is 16.5. The van der Waals surface area contributed by atoms with Gasteiger partial charge in [-0.15, -0.1) is 0 Å². The van der Waals surface area contributed by atoms with Gasteiger partial charge in [-0.25, -0.2) is 0 Å². The molecule has 1 saturated heterocycles. The van der Waals surface area contributed by atoms with Crippen molar-refractivity contribution in [2.24, 2.45) is 13.0 Å². The molecule has 2 aromatic heterocycles. The van der Waals surface area contributed by atoms with Crippen molar-refractivity contribution in [3.8, 4) is 11.3 Å². The summed E-state index contributed by atoms with van der Waals surface area (Å²) in [5.74, 6) is -0.894. The second-order valence-corrected chi connectivity index (χ2v) is 8.45. The van der Waals surface area contributed by atoms with Crippen molar-refractivity contribution in [1.82, 2.24) is 9.47 Å². The molecule has 1 fully saturated rings. The first kappa shape index (κ1) is 21.7. The van der Waals surface area contributed by atoms with Crippen molar-refractivity contribution in [2.75, 3.05) is 13.2 Å². The second kappa shape index (κ2) is 9.02. The molecule has 0 radical (unpaired) electrons. The number of furan rings is 1. The Morgan fingerprint density at radius 2 is 1.79 bits per heavy atom. The zero-order chi connectivity index (χ0) is 23.7. The third-order valence-electron chi connectivity index (χ3n) is 6.25. The van der Waals surface area contributed by atoms with Crippen LogP contribution in [-0.4, -0.2) is 40.3 Å². The quantitative estimate of drug-likeness (QED) is 0.307. The number of aromatic nitrogens is 1. The molecule has 3 heterocycles. The molecule has 1 atom stereocenters. The van der Waals surface area contributed by atoms with Crippen molar-refractivity contribution < 1.29 is 23.5 Å². The molecule has 1 aliphatic rings. The number of likely N-dealkylation sites (tertiary alicyclic amines) is 1. The summed E-state index contributed by atoms with van der Waals surface area (Å²) in [6.45, 7) is 0.177. The first-order valence-electron chi connectivity index (χ1n) is 11.2. The average Bonchev–Trinajstić information content (AvgIpc) is 3.57. The van der Waals surface area contributed by atoms with E-state index in [-0.39, 0.29) is 31.3 Å². The van der Waals surface area contributed by atoms with E-state index in [1.165, 1.54) is 0 Å². The van der Waals surface area contributed by atoms with Crippen LogP contribution in [0.1, 0.15) is 22.5 Å². The van der Waals surface area contributed by atoms with Crippen molar-refractivity contribution in [3.63, 3.8) is 0 Å². The van der Waals surface area contributed by atoms with Gasteiger partial charge in [0.05, 0.1) is 30.0 Å². The lowest BCUT2D eigenvalue weighted by Crippen LogP contribution is -2.27. The molecule has 7 nitrogen and oxygen atoms in total. The average molecular weight is 456 g/mol. The zero-order valence-corrected chi connectivity index (χ0v) is 18.8. The van der Waals surface area contributed by atoms with Gasteiger partial charge in [-0.1, -0.05) is 48.5 Å². The highest BCUT2D eigenvalue weighted by molar-refractivity contribution is 6.14. The number of rotatable bonds is 7. The maximum absolute atomic E-state index is 13.3. The Kier molecular flexibility index (Phi) is 5.76. The number of aryl methyl sites for hydroxylation is 1. The SMILES string of the molecule is Cn1c(-c2ccccc2)c(C(=O)COC(=O)[C@H]2CC(=O)N(Cc3ccco3)C2)c2ccccc21. The predicted molar refractivity (Wildman–Crippen MR) is 126 cm³/mol. The molecule has 172 valence electrons. The number of nitrogens with zero attached hydrogens (tertiary/aromatic N) is 2. The molecule has 1 amide bonds. The molecule has 0 N–H and O–H groups in total. The van der Waals surface area contributed by atoms with Crippen LogP contribution in [0, 0.1) is 5.92 Å². The third-order valence-corrected chi connectivity index (χ3v) is 6.25. The summed E-state index contributed by atoms with van der Waals surface area (Å²) >= 11 is 0. The summed E-state index contributed by atoms with van der Waals surface area (Å²) in [5.41, 5.74) is 3.14. The number of fused-ring (bicyclic) bond motifs is 1. The van der Waals surface area contributed by atoms with E-state index in [9.17, 15) is 14.4 Å². The zero-order valence-electron chi connectivity index (χ0n) is 18.8. The lowest BCUT2D eigenvalue weighted by atomic mass is 10.0. The molecule has 0 spiro atoms. The van der Waals surface area contributed by atoms with Crippen LogP contribution in [-0.2, 0) is 27.9 Å². The number of hydrogen-bond acceptors (Lipinski definition) is 5. The molecule has 7 heteroatoms. The van der Waals surface area contributed by atoms with E-state index in [1.807, 2.05) is 66.2 Å². The summed E-state index contributed by atoms with van der Waals surface area (Å²) in [4.78, 5) is 40.0. The van der Waals surface area contributed by atoms with Crippen molar-refractivity contribution in [3.05, 3.63) is 84.3 Å². The summed E-state index contributed by atoms with van der Waals surface area (Å²) in [5, 5.41) is 0.811. The van der Waals surface area contributed by atoms with E-state index in [2.05, 4.69) is 0 Å². The number of carbonyl (C=O) groups is 3. The standard InChI is InChI=1S/C27H24N2O5/c1-28-22-12-6-5-11-21(22)25(26(28)18-8-3-2-4-9-18)23(30)17-34-27(32)19-14-24(31)29(15-19)16-20-10-7-13-33-20/h2-13,19H,14-17H2,1H3/t19-/m0/s1. The monoisotopic (exact) mass is 456 g/mol. The van der Waals surface area contributed by atoms with E-state index in [1.54, 1.807) is 23.3 Å². The van der Waals surface area contributed by atoms with E-state index >= 15 is 0 Å². The first-order valence-corrected chi connectivity index (χ1v) is 11.2. The first-order chi connectivity index (χ1) is 16.5. The molecule has 2 aromatic carbocycles. The number of amides is 1. The van der Waals surface area contributed by atoms with Gasteiger partial charge in [-0.2, -0.15) is 0 Å². The molecular weight excluding hydrogens is 432 g/mol. The summed E-state index contributed by atoms with van der Waals surface area (Å²) < 4.78 is 12.7. The molecule has 34 heavy (non-hydrogen) atoms. The molecule has 0 unspecified atom stereocenters. The van der Waals surface area contributed by atoms with Gasteiger partial charge in [0, 0.05) is 30.9 Å². The van der Waals surface area contributed by atoms with Gasteiger partial charge in [0.1, 0.15) is 5.76 Å².